The van der Waals surface area contributed by atoms with Crippen LogP contribution >= 0.6 is 11.3 Å². The summed E-state index contributed by atoms with van der Waals surface area (Å²) >= 11 is 1.29. The van der Waals surface area contributed by atoms with Gasteiger partial charge in [0.25, 0.3) is 5.91 Å². The number of thiazole rings is 1. The molecule has 0 radical (unpaired) electrons. The third kappa shape index (κ3) is 4.84. The Morgan fingerprint density at radius 2 is 1.72 bits per heavy atom. The van der Waals surface area contributed by atoms with E-state index in [9.17, 15) is 14.7 Å². The predicted molar refractivity (Wildman–Crippen MR) is 139 cm³/mol. The summed E-state index contributed by atoms with van der Waals surface area (Å²) in [6.07, 6.45) is 0.738. The molecule has 1 amide bonds. The van der Waals surface area contributed by atoms with E-state index in [2.05, 4.69) is 9.88 Å². The van der Waals surface area contributed by atoms with Crippen molar-refractivity contribution in [3.63, 3.8) is 0 Å². The van der Waals surface area contributed by atoms with Crippen molar-refractivity contribution >= 4 is 23.0 Å². The molecule has 3 aromatic rings. The maximum atomic E-state index is 13.9. The zero-order valence-corrected chi connectivity index (χ0v) is 21.0. The molecule has 0 spiro atoms. The smallest absolute Gasteiger partial charge is 0.290 e. The number of Topliss-reactive ketones (excluding diaryl/α,β-unsaturated/α-hetero) is 1. The van der Waals surface area contributed by atoms with Gasteiger partial charge < -0.3 is 14.7 Å². The molecule has 0 aliphatic carbocycles. The Bertz CT molecular complexity index is 1270. The largest absolute Gasteiger partial charge is 0.503 e. The summed E-state index contributed by atoms with van der Waals surface area (Å²) in [5, 5.41) is 11.7. The number of ether oxygens (including phenoxy) is 1. The lowest BCUT2D eigenvalue weighted by Gasteiger charge is -2.30. The number of benzene rings is 2. The fourth-order valence-corrected chi connectivity index (χ4v) is 5.85. The zero-order valence-electron chi connectivity index (χ0n) is 20.2. The van der Waals surface area contributed by atoms with Crippen LogP contribution in [0.1, 0.15) is 33.4 Å². The van der Waals surface area contributed by atoms with Crippen LogP contribution in [0.15, 0.2) is 72.0 Å². The molecule has 2 aromatic carbocycles. The Morgan fingerprint density at radius 3 is 2.42 bits per heavy atom. The molecule has 0 saturated carbocycles. The van der Waals surface area contributed by atoms with E-state index in [1.165, 1.54) is 11.3 Å². The highest BCUT2D eigenvalue weighted by atomic mass is 32.1. The molecule has 1 N–H and O–H groups in total. The topological polar surface area (TPSA) is 83.0 Å². The molecule has 5 rings (SSSR count). The summed E-state index contributed by atoms with van der Waals surface area (Å²) in [7, 11) is 0. The van der Waals surface area contributed by atoms with Crippen LogP contribution in [0.3, 0.4) is 0 Å². The predicted octanol–water partition coefficient (Wildman–Crippen LogP) is 4.42. The van der Waals surface area contributed by atoms with Crippen molar-refractivity contribution in [2.45, 2.75) is 19.4 Å². The minimum atomic E-state index is -0.641. The van der Waals surface area contributed by atoms with E-state index in [1.807, 2.05) is 60.7 Å². The Kier molecular flexibility index (Phi) is 7.27. The molecule has 36 heavy (non-hydrogen) atoms. The van der Waals surface area contributed by atoms with E-state index in [-0.39, 0.29) is 11.4 Å². The van der Waals surface area contributed by atoms with Gasteiger partial charge in [0, 0.05) is 31.7 Å². The Morgan fingerprint density at radius 1 is 1.06 bits per heavy atom. The van der Waals surface area contributed by atoms with Crippen molar-refractivity contribution in [2.24, 2.45) is 0 Å². The van der Waals surface area contributed by atoms with Crippen LogP contribution in [0, 0.1) is 6.92 Å². The van der Waals surface area contributed by atoms with E-state index in [4.69, 9.17) is 4.74 Å². The number of nitrogens with zero attached hydrogens (tertiary/aromatic N) is 3. The van der Waals surface area contributed by atoms with Crippen molar-refractivity contribution in [3.8, 4) is 10.6 Å². The fourth-order valence-electron chi connectivity index (χ4n) is 4.82. The first-order valence-electron chi connectivity index (χ1n) is 12.2. The van der Waals surface area contributed by atoms with E-state index < -0.39 is 17.7 Å². The summed E-state index contributed by atoms with van der Waals surface area (Å²) in [4.78, 5) is 36.1. The van der Waals surface area contributed by atoms with Crippen molar-refractivity contribution in [1.29, 1.82) is 0 Å². The van der Waals surface area contributed by atoms with Crippen LogP contribution < -0.4 is 0 Å². The minimum Gasteiger partial charge on any atom is -0.503 e. The van der Waals surface area contributed by atoms with Crippen molar-refractivity contribution in [3.05, 3.63) is 88.1 Å². The number of carbonyl (C=O) groups excluding carboxylic acids is 2. The SMILES string of the molecule is Cc1nc(-c2ccccc2)sc1C(=O)C1=C(O)C(=O)N(CCCN2CCOCC2)C1c1ccccc1. The first-order valence-corrected chi connectivity index (χ1v) is 13.0. The molecular formula is C28H29N3O4S. The highest BCUT2D eigenvalue weighted by molar-refractivity contribution is 7.17. The first-order chi connectivity index (χ1) is 17.5. The number of aliphatic hydroxyl groups excluding tert-OH is 1. The number of hydrogen-bond acceptors (Lipinski definition) is 7. The number of aromatic nitrogens is 1. The molecule has 3 heterocycles. The summed E-state index contributed by atoms with van der Waals surface area (Å²) in [6, 6.07) is 18.5. The number of rotatable bonds is 8. The zero-order chi connectivity index (χ0) is 25.1. The second kappa shape index (κ2) is 10.7. The van der Waals surface area contributed by atoms with Crippen LogP contribution in [-0.4, -0.2) is 71.0 Å². The number of amides is 1. The number of ketones is 1. The Labute approximate surface area is 214 Å². The lowest BCUT2D eigenvalue weighted by molar-refractivity contribution is -0.129. The molecule has 186 valence electrons. The average Bonchev–Trinajstić information content (AvgIpc) is 3.43. The molecular weight excluding hydrogens is 474 g/mol. The van der Waals surface area contributed by atoms with Gasteiger partial charge in [-0.1, -0.05) is 60.7 Å². The standard InChI is InChI=1S/C28H29N3O4S/c1-19-26(36-27(29-19)21-11-6-3-7-12-21)24(32)22-23(20-9-4-2-5-10-20)31(28(34)25(22)33)14-8-13-30-15-17-35-18-16-30/h2-7,9-12,23,33H,8,13-18H2,1H3. The van der Waals surface area contributed by atoms with Crippen molar-refractivity contribution in [2.75, 3.05) is 39.4 Å². The van der Waals surface area contributed by atoms with Gasteiger partial charge in [-0.2, -0.15) is 0 Å². The molecule has 0 bridgehead atoms. The van der Waals surface area contributed by atoms with Crippen LogP contribution in [0.2, 0.25) is 0 Å². The second-order valence-electron chi connectivity index (χ2n) is 9.01. The Balaban J connectivity index is 1.44. The fraction of sp³-hybridized carbons (Fsp3) is 0.321. The maximum Gasteiger partial charge on any atom is 0.290 e. The summed E-state index contributed by atoms with van der Waals surface area (Å²) in [5.74, 6) is -1.31. The van der Waals surface area contributed by atoms with E-state index >= 15 is 0 Å². The molecule has 7 nitrogen and oxygen atoms in total. The summed E-state index contributed by atoms with van der Waals surface area (Å²) in [6.45, 7) is 6.24. The van der Waals surface area contributed by atoms with Crippen molar-refractivity contribution < 1.29 is 19.4 Å². The average molecular weight is 504 g/mol. The molecule has 2 aliphatic rings. The molecule has 1 unspecified atom stereocenters. The van der Waals surface area contributed by atoms with Gasteiger partial charge in [0.1, 0.15) is 5.01 Å². The van der Waals surface area contributed by atoms with E-state index in [1.54, 1.807) is 11.8 Å². The molecule has 2 aliphatic heterocycles. The van der Waals surface area contributed by atoms with Gasteiger partial charge in [-0.15, -0.1) is 11.3 Å². The highest BCUT2D eigenvalue weighted by Gasteiger charge is 2.44. The minimum absolute atomic E-state index is 0.129. The lowest BCUT2D eigenvalue weighted by atomic mass is 9.95. The molecule has 1 aromatic heterocycles. The first kappa shape index (κ1) is 24.4. The van der Waals surface area contributed by atoms with Gasteiger partial charge in [-0.05, 0) is 18.9 Å². The van der Waals surface area contributed by atoms with Gasteiger partial charge in [0.15, 0.2) is 5.76 Å². The van der Waals surface area contributed by atoms with Crippen molar-refractivity contribution in [1.82, 2.24) is 14.8 Å². The molecule has 1 saturated heterocycles. The van der Waals surface area contributed by atoms with E-state index in [0.29, 0.717) is 17.1 Å². The monoisotopic (exact) mass is 503 g/mol. The van der Waals surface area contributed by atoms with Gasteiger partial charge >= 0.3 is 0 Å². The molecule has 1 fully saturated rings. The number of hydrogen-bond donors (Lipinski definition) is 1. The summed E-state index contributed by atoms with van der Waals surface area (Å²) < 4.78 is 5.42. The number of aliphatic hydroxyl groups is 1. The van der Waals surface area contributed by atoms with Gasteiger partial charge in [-0.3, -0.25) is 14.5 Å². The van der Waals surface area contributed by atoms with Crippen LogP contribution in [0.4, 0.5) is 0 Å². The van der Waals surface area contributed by atoms with E-state index in [0.717, 1.165) is 55.4 Å². The number of aryl methyl sites for hydroxylation is 1. The lowest BCUT2D eigenvalue weighted by Crippen LogP contribution is -2.39. The quantitative estimate of drug-likeness (QED) is 0.458. The molecule has 1 atom stereocenters. The maximum absolute atomic E-state index is 13.9. The number of morpholine rings is 1. The third-order valence-corrected chi connectivity index (χ3v) is 7.87. The third-order valence-electron chi connectivity index (χ3n) is 6.66. The number of carbonyl (C=O) groups is 2. The second-order valence-corrected chi connectivity index (χ2v) is 10.0. The van der Waals surface area contributed by atoms with Crippen LogP contribution in [-0.2, 0) is 9.53 Å². The van der Waals surface area contributed by atoms with Crippen LogP contribution in [0.5, 0.6) is 0 Å². The van der Waals surface area contributed by atoms with Gasteiger partial charge in [-0.25, -0.2) is 4.98 Å². The Hall–Kier alpha value is -3.33. The van der Waals surface area contributed by atoms with Gasteiger partial charge in [0.2, 0.25) is 5.78 Å². The molecule has 8 heteroatoms. The van der Waals surface area contributed by atoms with Crippen LogP contribution in [0.25, 0.3) is 10.6 Å². The summed E-state index contributed by atoms with van der Waals surface area (Å²) in [5.41, 5.74) is 2.45. The normalized spacial score (nSPS) is 18.8. The van der Waals surface area contributed by atoms with Gasteiger partial charge in [0.05, 0.1) is 35.4 Å². The highest BCUT2D eigenvalue weighted by Crippen LogP contribution is 2.41.